The summed E-state index contributed by atoms with van der Waals surface area (Å²) < 4.78 is 6.95. The van der Waals surface area contributed by atoms with Crippen molar-refractivity contribution in [2.24, 2.45) is 5.10 Å². The first-order valence-corrected chi connectivity index (χ1v) is 7.48. The maximum absolute atomic E-state index is 11.8. The number of benzene rings is 1. The molecule has 0 radical (unpaired) electrons. The van der Waals surface area contributed by atoms with Crippen LogP contribution in [0.4, 0.5) is 0 Å². The number of rotatable bonds is 4. The molecule has 0 bridgehead atoms. The van der Waals surface area contributed by atoms with E-state index in [9.17, 15) is 4.79 Å². The van der Waals surface area contributed by atoms with Crippen molar-refractivity contribution in [2.75, 3.05) is 7.11 Å². The first kappa shape index (κ1) is 15.7. The van der Waals surface area contributed by atoms with Gasteiger partial charge in [0, 0.05) is 16.2 Å². The molecule has 0 atom stereocenters. The minimum atomic E-state index is -0.375. The molecule has 0 saturated carbocycles. The van der Waals surface area contributed by atoms with Gasteiger partial charge in [-0.3, -0.25) is 9.78 Å². The van der Waals surface area contributed by atoms with Crippen LogP contribution in [0.5, 0.6) is 5.75 Å². The van der Waals surface area contributed by atoms with E-state index in [1.54, 1.807) is 31.5 Å². The highest BCUT2D eigenvalue weighted by Gasteiger charge is 2.08. The Kier molecular flexibility index (Phi) is 5.46. The number of ether oxygens (including phenoxy) is 1. The lowest BCUT2D eigenvalue weighted by Gasteiger charge is -2.07. The molecule has 1 amide bonds. The maximum Gasteiger partial charge on any atom is 0.289 e. The monoisotopic (exact) mass is 411 g/mol. The van der Waals surface area contributed by atoms with Crippen LogP contribution in [0.1, 0.15) is 16.1 Å². The second-order valence-corrected chi connectivity index (χ2v) is 5.69. The van der Waals surface area contributed by atoms with Gasteiger partial charge in [0.25, 0.3) is 5.91 Å². The van der Waals surface area contributed by atoms with Crippen LogP contribution in [-0.2, 0) is 0 Å². The summed E-state index contributed by atoms with van der Waals surface area (Å²) in [7, 11) is 1.57. The predicted molar refractivity (Wildman–Crippen MR) is 87.7 cm³/mol. The largest absolute Gasteiger partial charge is 0.495 e. The van der Waals surface area contributed by atoms with E-state index in [2.05, 4.69) is 47.4 Å². The zero-order chi connectivity index (χ0) is 15.2. The Bertz CT molecular complexity index is 675. The summed E-state index contributed by atoms with van der Waals surface area (Å²) in [5.74, 6) is 0.258. The van der Waals surface area contributed by atoms with Gasteiger partial charge in [-0.1, -0.05) is 22.0 Å². The molecule has 21 heavy (non-hydrogen) atoms. The van der Waals surface area contributed by atoms with Crippen LogP contribution in [0.15, 0.2) is 50.6 Å². The fourth-order valence-corrected chi connectivity index (χ4v) is 3.03. The van der Waals surface area contributed by atoms with Gasteiger partial charge in [0.2, 0.25) is 0 Å². The number of hydrogen-bond acceptors (Lipinski definition) is 4. The summed E-state index contributed by atoms with van der Waals surface area (Å²) in [6, 6.07) is 8.79. The summed E-state index contributed by atoms with van der Waals surface area (Å²) in [5, 5.41) is 3.92. The number of nitrogens with zero attached hydrogens (tertiary/aromatic N) is 2. The van der Waals surface area contributed by atoms with Gasteiger partial charge in [0.15, 0.2) is 0 Å². The van der Waals surface area contributed by atoms with Gasteiger partial charge in [-0.2, -0.15) is 5.10 Å². The second kappa shape index (κ2) is 7.33. The number of hydrazone groups is 1. The lowest BCUT2D eigenvalue weighted by atomic mass is 10.2. The highest BCUT2D eigenvalue weighted by atomic mass is 79.9. The van der Waals surface area contributed by atoms with Crippen LogP contribution in [0.25, 0.3) is 0 Å². The van der Waals surface area contributed by atoms with E-state index in [-0.39, 0.29) is 5.91 Å². The molecular weight excluding hydrogens is 402 g/mol. The molecule has 1 heterocycles. The first-order chi connectivity index (χ1) is 10.1. The summed E-state index contributed by atoms with van der Waals surface area (Å²) >= 11 is 6.79. The highest BCUT2D eigenvalue weighted by molar-refractivity contribution is 9.11. The fourth-order valence-electron chi connectivity index (χ4n) is 1.61. The molecule has 0 aliphatic rings. The van der Waals surface area contributed by atoms with Gasteiger partial charge >= 0.3 is 0 Å². The number of carbonyl (C=O) groups excluding carboxylic acids is 1. The van der Waals surface area contributed by atoms with Gasteiger partial charge in [0.05, 0.1) is 17.8 Å². The number of methoxy groups -OCH3 is 1. The van der Waals surface area contributed by atoms with Crippen molar-refractivity contribution in [3.63, 3.8) is 0 Å². The number of amides is 1. The maximum atomic E-state index is 11.8. The molecular formula is C14H11Br2N3O2. The number of hydrogen-bond donors (Lipinski definition) is 1. The first-order valence-electron chi connectivity index (χ1n) is 5.89. The van der Waals surface area contributed by atoms with Crippen LogP contribution >= 0.6 is 31.9 Å². The Morgan fingerprint density at radius 1 is 1.38 bits per heavy atom. The molecule has 2 rings (SSSR count). The molecule has 5 nitrogen and oxygen atoms in total. The number of halogens is 2. The molecule has 1 aromatic carbocycles. The van der Waals surface area contributed by atoms with E-state index in [0.717, 1.165) is 14.5 Å². The quantitative estimate of drug-likeness (QED) is 0.618. The lowest BCUT2D eigenvalue weighted by molar-refractivity contribution is 0.0950. The fraction of sp³-hybridized carbons (Fsp3) is 0.0714. The molecule has 0 aliphatic heterocycles. The molecule has 1 N–H and O–H groups in total. The summed E-state index contributed by atoms with van der Waals surface area (Å²) in [6.07, 6.45) is 3.06. The molecule has 1 aromatic heterocycles. The third-order valence-electron chi connectivity index (χ3n) is 2.51. The zero-order valence-electron chi connectivity index (χ0n) is 11.0. The molecule has 0 saturated heterocycles. The van der Waals surface area contributed by atoms with Crippen molar-refractivity contribution in [1.82, 2.24) is 10.4 Å². The van der Waals surface area contributed by atoms with E-state index in [1.165, 1.54) is 6.21 Å². The van der Waals surface area contributed by atoms with Crippen molar-refractivity contribution < 1.29 is 9.53 Å². The van der Waals surface area contributed by atoms with Crippen molar-refractivity contribution >= 4 is 44.0 Å². The number of pyridine rings is 1. The van der Waals surface area contributed by atoms with Gasteiger partial charge in [-0.25, -0.2) is 5.43 Å². The van der Waals surface area contributed by atoms with Crippen molar-refractivity contribution in [3.05, 3.63) is 56.7 Å². The average molecular weight is 413 g/mol. The Balaban J connectivity index is 2.13. The Labute approximate surface area is 138 Å². The molecule has 0 spiro atoms. The summed E-state index contributed by atoms with van der Waals surface area (Å²) in [5.41, 5.74) is 3.44. The molecule has 7 heteroatoms. The smallest absolute Gasteiger partial charge is 0.289 e. The van der Waals surface area contributed by atoms with E-state index in [0.29, 0.717) is 11.4 Å². The van der Waals surface area contributed by atoms with Gasteiger partial charge < -0.3 is 4.74 Å². The minimum absolute atomic E-state index is 0.303. The number of aromatic nitrogens is 1. The summed E-state index contributed by atoms with van der Waals surface area (Å²) in [6.45, 7) is 0. The Hall–Kier alpha value is -1.73. The molecule has 0 unspecified atom stereocenters. The van der Waals surface area contributed by atoms with E-state index < -0.39 is 0 Å². The van der Waals surface area contributed by atoms with Crippen molar-refractivity contribution in [2.45, 2.75) is 0 Å². The number of nitrogens with one attached hydrogen (secondary N) is 1. The molecule has 0 fully saturated rings. The van der Waals surface area contributed by atoms with Gasteiger partial charge in [-0.05, 0) is 40.2 Å². The van der Waals surface area contributed by atoms with E-state index in [4.69, 9.17) is 4.74 Å². The summed E-state index contributed by atoms with van der Waals surface area (Å²) in [4.78, 5) is 15.7. The topological polar surface area (TPSA) is 63.6 Å². The average Bonchev–Trinajstić information content (AvgIpc) is 2.47. The standard InChI is InChI=1S/C14H11Br2N3O2/c1-21-13-9(6-10(15)7-11(13)16)8-18-19-14(20)12-4-2-3-5-17-12/h2-8H,1H3,(H,19,20)/b18-8+. The Morgan fingerprint density at radius 2 is 2.19 bits per heavy atom. The van der Waals surface area contributed by atoms with Crippen molar-refractivity contribution in [3.8, 4) is 5.75 Å². The number of carbonyl (C=O) groups is 1. The van der Waals surface area contributed by atoms with Gasteiger partial charge in [-0.15, -0.1) is 0 Å². The SMILES string of the molecule is COc1c(Br)cc(Br)cc1/C=N/NC(=O)c1ccccn1. The normalized spacial score (nSPS) is 10.6. The minimum Gasteiger partial charge on any atom is -0.495 e. The molecule has 108 valence electrons. The highest BCUT2D eigenvalue weighted by Crippen LogP contribution is 2.31. The van der Waals surface area contributed by atoms with Crippen molar-refractivity contribution in [1.29, 1.82) is 0 Å². The third-order valence-corrected chi connectivity index (χ3v) is 3.56. The van der Waals surface area contributed by atoms with E-state index >= 15 is 0 Å². The molecule has 0 aliphatic carbocycles. The zero-order valence-corrected chi connectivity index (χ0v) is 14.2. The second-order valence-electron chi connectivity index (χ2n) is 3.92. The third kappa shape index (κ3) is 4.12. The van der Waals surface area contributed by atoms with Crippen LogP contribution in [0.2, 0.25) is 0 Å². The molecule has 2 aromatic rings. The van der Waals surface area contributed by atoms with Crippen LogP contribution in [0, 0.1) is 0 Å². The Morgan fingerprint density at radius 3 is 2.86 bits per heavy atom. The van der Waals surface area contributed by atoms with Crippen LogP contribution < -0.4 is 10.2 Å². The predicted octanol–water partition coefficient (Wildman–Crippen LogP) is 3.38. The van der Waals surface area contributed by atoms with Crippen LogP contribution in [0.3, 0.4) is 0 Å². The van der Waals surface area contributed by atoms with E-state index in [1.807, 2.05) is 12.1 Å². The van der Waals surface area contributed by atoms with Crippen LogP contribution in [-0.4, -0.2) is 24.2 Å². The lowest BCUT2D eigenvalue weighted by Crippen LogP contribution is -2.18. The van der Waals surface area contributed by atoms with Gasteiger partial charge in [0.1, 0.15) is 11.4 Å².